The van der Waals surface area contributed by atoms with Crippen LogP contribution in [-0.2, 0) is 0 Å². The zero-order valence-electron chi connectivity index (χ0n) is 7.80. The van der Waals surface area contributed by atoms with E-state index in [1.165, 1.54) is 17.9 Å². The lowest BCUT2D eigenvalue weighted by molar-refractivity contribution is -0.145. The minimum atomic E-state index is 0.00993. The van der Waals surface area contributed by atoms with Crippen LogP contribution in [0.1, 0.15) is 40.0 Å². The lowest BCUT2D eigenvalue weighted by Crippen LogP contribution is -2.40. The summed E-state index contributed by atoms with van der Waals surface area (Å²) in [6.07, 6.45) is 3.61. The topological polar surface area (TPSA) is 23.5 Å². The summed E-state index contributed by atoms with van der Waals surface area (Å²) < 4.78 is 0. The van der Waals surface area contributed by atoms with Gasteiger partial charge in [0.25, 0.3) is 0 Å². The van der Waals surface area contributed by atoms with E-state index in [1.54, 1.807) is 0 Å². The predicted molar refractivity (Wildman–Crippen MR) is 45.6 cm³/mol. The van der Waals surface area contributed by atoms with Gasteiger partial charge >= 0.3 is 0 Å². The highest BCUT2D eigenvalue weighted by Crippen LogP contribution is 2.35. The third-order valence-electron chi connectivity index (χ3n) is 2.99. The van der Waals surface area contributed by atoms with Crippen molar-refractivity contribution < 1.29 is 5.21 Å². The highest BCUT2D eigenvalue weighted by atomic mass is 16.5. The number of hydroxylamine groups is 2. The summed E-state index contributed by atoms with van der Waals surface area (Å²) in [6.45, 7) is 7.30. The van der Waals surface area contributed by atoms with Crippen LogP contribution in [0.3, 0.4) is 0 Å². The summed E-state index contributed by atoms with van der Waals surface area (Å²) in [4.78, 5) is 0. The van der Waals surface area contributed by atoms with Crippen LogP contribution in [0.4, 0.5) is 0 Å². The third-order valence-corrected chi connectivity index (χ3v) is 2.99. The summed E-state index contributed by atoms with van der Waals surface area (Å²) in [5.41, 5.74) is 0.00993. The van der Waals surface area contributed by atoms with Crippen LogP contribution < -0.4 is 0 Å². The molecule has 0 amide bonds. The fourth-order valence-corrected chi connectivity index (χ4v) is 1.98. The van der Waals surface area contributed by atoms with Gasteiger partial charge in [0.15, 0.2) is 0 Å². The van der Waals surface area contributed by atoms with Crippen LogP contribution in [0.25, 0.3) is 0 Å². The minimum absolute atomic E-state index is 0.00993. The second-order valence-corrected chi connectivity index (χ2v) is 4.05. The molecule has 1 rings (SSSR count). The molecule has 1 N–H and O–H groups in total. The van der Waals surface area contributed by atoms with Gasteiger partial charge in [-0.3, -0.25) is 0 Å². The molecule has 2 heteroatoms. The zero-order valence-corrected chi connectivity index (χ0v) is 7.80. The number of hydrogen-bond donors (Lipinski definition) is 1. The van der Waals surface area contributed by atoms with Gasteiger partial charge < -0.3 is 5.21 Å². The Morgan fingerprint density at radius 3 is 2.55 bits per heavy atom. The van der Waals surface area contributed by atoms with Crippen LogP contribution in [0.5, 0.6) is 0 Å². The molecule has 66 valence electrons. The van der Waals surface area contributed by atoms with E-state index >= 15 is 0 Å². The Hall–Kier alpha value is -0.0800. The largest absolute Gasteiger partial charge is 0.313 e. The van der Waals surface area contributed by atoms with Crippen LogP contribution in [-0.4, -0.2) is 22.4 Å². The van der Waals surface area contributed by atoms with E-state index in [0.717, 1.165) is 13.0 Å². The van der Waals surface area contributed by atoms with E-state index in [9.17, 15) is 5.21 Å². The van der Waals surface area contributed by atoms with Gasteiger partial charge in [-0.2, -0.15) is 5.06 Å². The molecule has 0 bridgehead atoms. The monoisotopic (exact) mass is 157 g/mol. The fourth-order valence-electron chi connectivity index (χ4n) is 1.98. The van der Waals surface area contributed by atoms with Crippen LogP contribution in [0, 0.1) is 5.92 Å². The molecule has 0 saturated carbocycles. The molecule has 11 heavy (non-hydrogen) atoms. The Kier molecular flexibility index (Phi) is 2.55. The van der Waals surface area contributed by atoms with Gasteiger partial charge in [-0.05, 0) is 32.6 Å². The van der Waals surface area contributed by atoms with Crippen molar-refractivity contribution in [1.29, 1.82) is 0 Å². The van der Waals surface area contributed by atoms with E-state index in [0.29, 0.717) is 5.92 Å². The highest BCUT2D eigenvalue weighted by Gasteiger charge is 2.39. The van der Waals surface area contributed by atoms with E-state index < -0.39 is 0 Å². The fraction of sp³-hybridized carbons (Fsp3) is 1.00. The van der Waals surface area contributed by atoms with Crippen LogP contribution in [0.15, 0.2) is 0 Å². The molecule has 1 aliphatic heterocycles. The maximum absolute atomic E-state index is 9.49. The normalized spacial score (nSPS) is 31.1. The van der Waals surface area contributed by atoms with E-state index in [4.69, 9.17) is 0 Å². The molecule has 0 aromatic heterocycles. The van der Waals surface area contributed by atoms with Crippen molar-refractivity contribution in [3.05, 3.63) is 0 Å². The lowest BCUT2D eigenvalue weighted by atomic mass is 9.86. The molecule has 1 aliphatic rings. The molecular weight excluding hydrogens is 138 g/mol. The quantitative estimate of drug-likeness (QED) is 0.664. The molecule has 1 fully saturated rings. The maximum Gasteiger partial charge on any atom is 0.0432 e. The van der Waals surface area contributed by atoms with Gasteiger partial charge in [-0.15, -0.1) is 0 Å². The van der Waals surface area contributed by atoms with Crippen molar-refractivity contribution in [2.45, 2.75) is 45.6 Å². The molecule has 0 aromatic carbocycles. The molecule has 2 nitrogen and oxygen atoms in total. The Morgan fingerprint density at radius 1 is 1.55 bits per heavy atom. The van der Waals surface area contributed by atoms with Crippen molar-refractivity contribution in [2.75, 3.05) is 6.54 Å². The molecule has 0 aliphatic carbocycles. The Balaban J connectivity index is 2.55. The summed E-state index contributed by atoms with van der Waals surface area (Å²) in [6, 6.07) is 0. The first-order valence-electron chi connectivity index (χ1n) is 4.55. The van der Waals surface area contributed by atoms with E-state index in [2.05, 4.69) is 20.8 Å². The van der Waals surface area contributed by atoms with E-state index in [-0.39, 0.29) is 5.54 Å². The van der Waals surface area contributed by atoms with Gasteiger partial charge in [0, 0.05) is 12.1 Å². The Bertz CT molecular complexity index is 132. The highest BCUT2D eigenvalue weighted by molar-refractivity contribution is 4.90. The first-order valence-corrected chi connectivity index (χ1v) is 4.55. The molecule has 0 aromatic rings. The molecule has 1 unspecified atom stereocenters. The van der Waals surface area contributed by atoms with Gasteiger partial charge in [0.05, 0.1) is 0 Å². The number of rotatable bonds is 2. The summed E-state index contributed by atoms with van der Waals surface area (Å²) >= 11 is 0. The van der Waals surface area contributed by atoms with Gasteiger partial charge in [0.1, 0.15) is 0 Å². The number of nitrogens with zero attached hydrogens (tertiary/aromatic N) is 1. The summed E-state index contributed by atoms with van der Waals surface area (Å²) in [5.74, 6) is 0.678. The molecule has 1 heterocycles. The van der Waals surface area contributed by atoms with E-state index in [1.807, 2.05) is 0 Å². The van der Waals surface area contributed by atoms with Crippen molar-refractivity contribution >= 4 is 0 Å². The summed E-state index contributed by atoms with van der Waals surface area (Å²) in [7, 11) is 0. The molecule has 1 saturated heterocycles. The molecule has 0 radical (unpaired) electrons. The predicted octanol–water partition coefficient (Wildman–Crippen LogP) is 2.28. The minimum Gasteiger partial charge on any atom is -0.313 e. The van der Waals surface area contributed by atoms with Crippen molar-refractivity contribution in [1.82, 2.24) is 5.06 Å². The second-order valence-electron chi connectivity index (χ2n) is 4.05. The SMILES string of the molecule is CCCC1CCN(O)C1(C)C. The first-order chi connectivity index (χ1) is 5.09. The maximum atomic E-state index is 9.49. The van der Waals surface area contributed by atoms with Gasteiger partial charge in [0.2, 0.25) is 0 Å². The Labute approximate surface area is 69.2 Å². The zero-order chi connectivity index (χ0) is 8.48. The van der Waals surface area contributed by atoms with Crippen molar-refractivity contribution in [3.63, 3.8) is 0 Å². The molecule has 0 spiro atoms. The average molecular weight is 157 g/mol. The van der Waals surface area contributed by atoms with Crippen LogP contribution in [0.2, 0.25) is 0 Å². The average Bonchev–Trinajstić information content (AvgIpc) is 2.16. The lowest BCUT2D eigenvalue weighted by Gasteiger charge is -2.31. The summed E-state index contributed by atoms with van der Waals surface area (Å²) in [5, 5.41) is 11.0. The first kappa shape index (κ1) is 9.01. The van der Waals surface area contributed by atoms with Crippen molar-refractivity contribution in [2.24, 2.45) is 5.92 Å². The third kappa shape index (κ3) is 1.57. The number of hydrogen-bond acceptors (Lipinski definition) is 2. The Morgan fingerprint density at radius 2 is 2.18 bits per heavy atom. The molecular formula is C9H19NO. The van der Waals surface area contributed by atoms with Gasteiger partial charge in [-0.25, -0.2) is 0 Å². The standard InChI is InChI=1S/C9H19NO/c1-4-5-8-6-7-10(11)9(8,2)3/h8,11H,4-7H2,1-3H3. The van der Waals surface area contributed by atoms with Crippen molar-refractivity contribution in [3.8, 4) is 0 Å². The van der Waals surface area contributed by atoms with Crippen LogP contribution >= 0.6 is 0 Å². The smallest absolute Gasteiger partial charge is 0.0432 e. The van der Waals surface area contributed by atoms with Gasteiger partial charge in [-0.1, -0.05) is 13.3 Å². The second kappa shape index (κ2) is 3.11. The molecule has 1 atom stereocenters.